The second kappa shape index (κ2) is 6.59. The van der Waals surface area contributed by atoms with Crippen molar-refractivity contribution >= 4 is 21.7 Å². The summed E-state index contributed by atoms with van der Waals surface area (Å²) in [6.07, 6.45) is 0. The van der Waals surface area contributed by atoms with Gasteiger partial charge in [0.1, 0.15) is 11.7 Å². The molecule has 0 amide bonds. The zero-order chi connectivity index (χ0) is 16.3. The fourth-order valence-electron chi connectivity index (χ4n) is 2.15. The van der Waals surface area contributed by atoms with Crippen molar-refractivity contribution in [1.29, 1.82) is 0 Å². The monoisotopic (exact) mass is 331 g/mol. The number of hydrogen-bond acceptors (Lipinski definition) is 6. The van der Waals surface area contributed by atoms with Crippen molar-refractivity contribution in [3.63, 3.8) is 0 Å². The minimum atomic E-state index is -3.96. The van der Waals surface area contributed by atoms with Crippen LogP contribution in [0.5, 0.6) is 0 Å². The lowest BCUT2D eigenvalue weighted by Gasteiger charge is -2.19. The third kappa shape index (κ3) is 3.54. The van der Waals surface area contributed by atoms with Gasteiger partial charge >= 0.3 is 5.97 Å². The van der Waals surface area contributed by atoms with E-state index in [9.17, 15) is 17.6 Å². The van der Waals surface area contributed by atoms with Gasteiger partial charge in [-0.1, -0.05) is 6.07 Å². The molecule has 122 valence electrons. The van der Waals surface area contributed by atoms with Crippen LogP contribution in [0.3, 0.4) is 0 Å². The number of esters is 1. The molecule has 9 heteroatoms. The highest BCUT2D eigenvalue weighted by Crippen LogP contribution is 2.22. The molecular weight excluding hydrogens is 313 g/mol. The number of carbonyl (C=O) groups is 1. The Morgan fingerprint density at radius 1 is 1.50 bits per heavy atom. The minimum absolute atomic E-state index is 0.131. The Hall–Kier alpha value is -1.71. The summed E-state index contributed by atoms with van der Waals surface area (Å²) < 4.78 is 45.3. The highest BCUT2D eigenvalue weighted by molar-refractivity contribution is 7.93. The molecule has 1 saturated heterocycles. The molecule has 2 atom stereocenters. The molecule has 22 heavy (non-hydrogen) atoms. The number of hydrogen-bond donors (Lipinski definition) is 3. The predicted octanol–water partition coefficient (Wildman–Crippen LogP) is 0.489. The molecule has 1 aromatic rings. The lowest BCUT2D eigenvalue weighted by molar-refractivity contribution is -0.147. The number of anilines is 1. The Kier molecular flexibility index (Phi) is 4.99. The molecule has 1 aliphatic rings. The Labute approximate surface area is 128 Å². The molecule has 7 nitrogen and oxygen atoms in total. The van der Waals surface area contributed by atoms with Gasteiger partial charge in [0.15, 0.2) is 5.37 Å². The molecule has 0 saturated carbocycles. The van der Waals surface area contributed by atoms with Crippen molar-refractivity contribution in [1.82, 2.24) is 10.9 Å². The molecule has 0 aliphatic carbocycles. The van der Waals surface area contributed by atoms with Crippen LogP contribution in [0.15, 0.2) is 18.2 Å². The summed E-state index contributed by atoms with van der Waals surface area (Å²) in [6.45, 7) is 3.59. The second-order valence-electron chi connectivity index (χ2n) is 4.91. The van der Waals surface area contributed by atoms with Crippen LogP contribution in [0.2, 0.25) is 0 Å². The molecule has 1 aromatic carbocycles. The fraction of sp³-hybridized carbons (Fsp3) is 0.462. The van der Waals surface area contributed by atoms with E-state index in [1.54, 1.807) is 13.8 Å². The van der Waals surface area contributed by atoms with E-state index >= 15 is 0 Å². The number of benzene rings is 1. The summed E-state index contributed by atoms with van der Waals surface area (Å²) in [6, 6.07) is 3.80. The van der Waals surface area contributed by atoms with Crippen LogP contribution in [0.1, 0.15) is 12.5 Å². The van der Waals surface area contributed by atoms with Crippen LogP contribution < -0.4 is 15.6 Å². The molecule has 1 heterocycles. The van der Waals surface area contributed by atoms with Crippen LogP contribution >= 0.6 is 0 Å². The molecule has 1 aliphatic heterocycles. The van der Waals surface area contributed by atoms with Gasteiger partial charge in [0.25, 0.3) is 10.0 Å². The van der Waals surface area contributed by atoms with Gasteiger partial charge in [-0.25, -0.2) is 18.2 Å². The summed E-state index contributed by atoms with van der Waals surface area (Å²) in [4.78, 5) is 11.8. The van der Waals surface area contributed by atoms with Gasteiger partial charge in [0.05, 0.1) is 12.3 Å². The molecule has 0 radical (unpaired) electrons. The van der Waals surface area contributed by atoms with Crippen LogP contribution in [0, 0.1) is 18.7 Å². The van der Waals surface area contributed by atoms with Gasteiger partial charge < -0.3 is 4.74 Å². The zero-order valence-electron chi connectivity index (χ0n) is 12.2. The molecular formula is C13H18FN3O4S. The first kappa shape index (κ1) is 16.7. The number of halogens is 1. The Morgan fingerprint density at radius 3 is 2.91 bits per heavy atom. The van der Waals surface area contributed by atoms with Crippen molar-refractivity contribution in [3.8, 4) is 0 Å². The normalized spacial score (nSPS) is 21.6. The molecule has 0 aromatic heterocycles. The SMILES string of the molecule is CCOC(=O)C1CNNC1S(=O)(=O)Nc1cc(F)ccc1C. The summed E-state index contributed by atoms with van der Waals surface area (Å²) in [7, 11) is -3.96. The summed E-state index contributed by atoms with van der Waals surface area (Å²) >= 11 is 0. The fourth-order valence-corrected chi connectivity index (χ4v) is 3.68. The van der Waals surface area contributed by atoms with Crippen molar-refractivity contribution in [2.24, 2.45) is 5.92 Å². The lowest BCUT2D eigenvalue weighted by Crippen LogP contribution is -2.44. The van der Waals surface area contributed by atoms with Gasteiger partial charge in [-0.3, -0.25) is 14.9 Å². The van der Waals surface area contributed by atoms with Crippen LogP contribution in [-0.4, -0.2) is 32.9 Å². The third-order valence-corrected chi connectivity index (χ3v) is 4.93. The number of hydrazine groups is 1. The topological polar surface area (TPSA) is 96.5 Å². The highest BCUT2D eigenvalue weighted by Gasteiger charge is 2.42. The van der Waals surface area contributed by atoms with Crippen molar-refractivity contribution in [2.75, 3.05) is 17.9 Å². The van der Waals surface area contributed by atoms with E-state index in [1.165, 1.54) is 12.1 Å². The summed E-state index contributed by atoms with van der Waals surface area (Å²) in [5.41, 5.74) is 5.89. The van der Waals surface area contributed by atoms with Crippen LogP contribution in [0.4, 0.5) is 10.1 Å². The predicted molar refractivity (Wildman–Crippen MR) is 78.7 cm³/mol. The maximum absolute atomic E-state index is 13.3. The maximum Gasteiger partial charge on any atom is 0.313 e. The number of sulfonamides is 1. The van der Waals surface area contributed by atoms with Crippen molar-refractivity contribution in [2.45, 2.75) is 19.2 Å². The average Bonchev–Trinajstić information content (AvgIpc) is 2.93. The minimum Gasteiger partial charge on any atom is -0.466 e. The van der Waals surface area contributed by atoms with E-state index in [2.05, 4.69) is 15.6 Å². The molecule has 1 fully saturated rings. The zero-order valence-corrected chi connectivity index (χ0v) is 13.0. The maximum atomic E-state index is 13.3. The van der Waals surface area contributed by atoms with E-state index in [1.807, 2.05) is 0 Å². The summed E-state index contributed by atoms with van der Waals surface area (Å²) in [5.74, 6) is -2.04. The smallest absolute Gasteiger partial charge is 0.313 e. The van der Waals surface area contributed by atoms with E-state index < -0.39 is 33.1 Å². The van der Waals surface area contributed by atoms with Gasteiger partial charge in [-0.05, 0) is 31.5 Å². The largest absolute Gasteiger partial charge is 0.466 e. The highest BCUT2D eigenvalue weighted by atomic mass is 32.2. The van der Waals surface area contributed by atoms with E-state index in [0.29, 0.717) is 5.56 Å². The standard InChI is InChI=1S/C13H18FN3O4S/c1-3-21-13(18)10-7-15-16-12(10)22(19,20)17-11-6-9(14)5-4-8(11)2/h4-6,10,12,15-17H,3,7H2,1-2H3. The van der Waals surface area contributed by atoms with Crippen LogP contribution in [-0.2, 0) is 19.6 Å². The Balaban J connectivity index is 2.22. The Bertz CT molecular complexity index is 665. The first-order valence-corrected chi connectivity index (χ1v) is 8.32. The molecule has 0 bridgehead atoms. The van der Waals surface area contributed by atoms with Crippen molar-refractivity contribution in [3.05, 3.63) is 29.6 Å². The van der Waals surface area contributed by atoms with Crippen molar-refractivity contribution < 1.29 is 22.3 Å². The first-order valence-electron chi connectivity index (χ1n) is 6.78. The van der Waals surface area contributed by atoms with E-state index in [0.717, 1.165) is 6.07 Å². The number of rotatable bonds is 5. The number of nitrogens with one attached hydrogen (secondary N) is 3. The third-order valence-electron chi connectivity index (χ3n) is 3.31. The van der Waals surface area contributed by atoms with Gasteiger partial charge in [0, 0.05) is 6.54 Å². The summed E-state index contributed by atoms with van der Waals surface area (Å²) in [5, 5.41) is -1.20. The quantitative estimate of drug-likeness (QED) is 0.680. The molecule has 3 N–H and O–H groups in total. The Morgan fingerprint density at radius 2 is 2.23 bits per heavy atom. The lowest BCUT2D eigenvalue weighted by atomic mass is 10.2. The second-order valence-corrected chi connectivity index (χ2v) is 6.71. The molecule has 2 rings (SSSR count). The van der Waals surface area contributed by atoms with Gasteiger partial charge in [-0.15, -0.1) is 0 Å². The number of aryl methyl sites for hydroxylation is 1. The van der Waals surface area contributed by atoms with E-state index in [4.69, 9.17) is 4.74 Å². The van der Waals surface area contributed by atoms with Gasteiger partial charge in [-0.2, -0.15) is 0 Å². The molecule has 0 spiro atoms. The van der Waals surface area contributed by atoms with Crippen LogP contribution in [0.25, 0.3) is 0 Å². The molecule has 2 unspecified atom stereocenters. The first-order chi connectivity index (χ1) is 10.3. The number of carbonyl (C=O) groups excluding carboxylic acids is 1. The number of ether oxygens (including phenoxy) is 1. The average molecular weight is 331 g/mol. The van der Waals surface area contributed by atoms with Gasteiger partial charge in [0.2, 0.25) is 0 Å². The van der Waals surface area contributed by atoms with E-state index in [-0.39, 0.29) is 18.8 Å².